The van der Waals surface area contributed by atoms with E-state index in [4.69, 9.17) is 0 Å². The lowest BCUT2D eigenvalue weighted by Crippen LogP contribution is -2.24. The second kappa shape index (κ2) is 4.91. The first kappa shape index (κ1) is 12.6. The first-order chi connectivity index (χ1) is 8.61. The van der Waals surface area contributed by atoms with Crippen LogP contribution in [0.15, 0.2) is 22.7 Å². The quantitative estimate of drug-likeness (QED) is 0.907. The van der Waals surface area contributed by atoms with E-state index in [1.165, 1.54) is 6.07 Å². The van der Waals surface area contributed by atoms with E-state index in [1.54, 1.807) is 6.07 Å². The maximum atomic E-state index is 13.3. The molecule has 1 aromatic carbocycles. The van der Waals surface area contributed by atoms with Gasteiger partial charge in [0.25, 0.3) is 0 Å². The van der Waals surface area contributed by atoms with E-state index in [0.717, 1.165) is 42.5 Å². The zero-order chi connectivity index (χ0) is 12.7. The molecule has 2 fully saturated rings. The van der Waals surface area contributed by atoms with Crippen LogP contribution in [0, 0.1) is 17.7 Å². The largest absolute Gasteiger partial charge is 0.393 e. The van der Waals surface area contributed by atoms with E-state index in [-0.39, 0.29) is 11.9 Å². The van der Waals surface area contributed by atoms with Crippen molar-refractivity contribution in [1.29, 1.82) is 0 Å². The Balaban J connectivity index is 1.67. The van der Waals surface area contributed by atoms with Crippen molar-refractivity contribution in [2.24, 2.45) is 11.8 Å². The molecule has 1 heterocycles. The van der Waals surface area contributed by atoms with Gasteiger partial charge in [0, 0.05) is 30.0 Å². The van der Waals surface area contributed by atoms with Crippen LogP contribution in [-0.2, 0) is 6.54 Å². The molecule has 1 saturated heterocycles. The molecule has 1 aliphatic heterocycles. The van der Waals surface area contributed by atoms with Gasteiger partial charge in [0.1, 0.15) is 5.82 Å². The van der Waals surface area contributed by atoms with Crippen molar-refractivity contribution in [2.75, 3.05) is 13.1 Å². The Morgan fingerprint density at radius 1 is 1.28 bits per heavy atom. The maximum absolute atomic E-state index is 13.3. The Kier molecular flexibility index (Phi) is 3.43. The number of hydrogen-bond acceptors (Lipinski definition) is 2. The summed E-state index contributed by atoms with van der Waals surface area (Å²) in [5, 5.41) is 9.88. The van der Waals surface area contributed by atoms with Crippen LogP contribution >= 0.6 is 15.9 Å². The van der Waals surface area contributed by atoms with Crippen molar-refractivity contribution in [3.05, 3.63) is 34.1 Å². The molecular formula is C14H17BrFNO. The van der Waals surface area contributed by atoms with Crippen LogP contribution in [0.3, 0.4) is 0 Å². The third kappa shape index (κ3) is 2.46. The summed E-state index contributed by atoms with van der Waals surface area (Å²) in [6.45, 7) is 2.76. The van der Waals surface area contributed by atoms with Gasteiger partial charge in [0.05, 0.1) is 6.10 Å². The Hall–Kier alpha value is -0.450. The monoisotopic (exact) mass is 313 g/mol. The average Bonchev–Trinajstić information content (AvgIpc) is 2.80. The minimum Gasteiger partial charge on any atom is -0.393 e. The number of benzene rings is 1. The van der Waals surface area contributed by atoms with Crippen molar-refractivity contribution in [3.8, 4) is 0 Å². The van der Waals surface area contributed by atoms with Crippen molar-refractivity contribution < 1.29 is 9.50 Å². The highest BCUT2D eigenvalue weighted by Crippen LogP contribution is 2.38. The highest BCUT2D eigenvalue weighted by atomic mass is 79.9. The Morgan fingerprint density at radius 2 is 2.11 bits per heavy atom. The zero-order valence-electron chi connectivity index (χ0n) is 10.1. The Morgan fingerprint density at radius 3 is 2.83 bits per heavy atom. The number of hydrogen-bond donors (Lipinski definition) is 1. The molecule has 3 unspecified atom stereocenters. The normalized spacial score (nSPS) is 31.8. The van der Waals surface area contributed by atoms with Gasteiger partial charge < -0.3 is 5.11 Å². The Labute approximate surface area is 115 Å². The van der Waals surface area contributed by atoms with Gasteiger partial charge in [-0.15, -0.1) is 0 Å². The molecule has 3 rings (SSSR count). The van der Waals surface area contributed by atoms with Gasteiger partial charge in [-0.25, -0.2) is 4.39 Å². The molecule has 0 spiro atoms. The lowest BCUT2D eigenvalue weighted by molar-refractivity contribution is 0.123. The van der Waals surface area contributed by atoms with Crippen LogP contribution in [0.4, 0.5) is 4.39 Å². The summed E-state index contributed by atoms with van der Waals surface area (Å²) in [6.07, 6.45) is 1.96. The first-order valence-electron chi connectivity index (χ1n) is 6.47. The second-order valence-corrected chi connectivity index (χ2v) is 6.46. The molecular weight excluding hydrogens is 297 g/mol. The average molecular weight is 314 g/mol. The number of aliphatic hydroxyl groups excluding tert-OH is 1. The van der Waals surface area contributed by atoms with Crippen LogP contribution in [-0.4, -0.2) is 29.2 Å². The first-order valence-corrected chi connectivity index (χ1v) is 7.26. The van der Waals surface area contributed by atoms with Crippen LogP contribution < -0.4 is 0 Å². The van der Waals surface area contributed by atoms with Crippen LogP contribution in [0.1, 0.15) is 18.4 Å². The molecule has 0 aromatic heterocycles. The SMILES string of the molecule is OC1CCC2CN(Cc3cc(F)cc(Br)c3)CC12. The molecule has 1 aliphatic carbocycles. The molecule has 0 amide bonds. The fourth-order valence-electron chi connectivity index (χ4n) is 3.42. The summed E-state index contributed by atoms with van der Waals surface area (Å²) in [6, 6.07) is 5.04. The van der Waals surface area contributed by atoms with E-state index >= 15 is 0 Å². The molecule has 98 valence electrons. The van der Waals surface area contributed by atoms with Gasteiger partial charge in [-0.2, -0.15) is 0 Å². The molecule has 0 radical (unpaired) electrons. The van der Waals surface area contributed by atoms with Crippen LogP contribution in [0.2, 0.25) is 0 Å². The molecule has 1 N–H and O–H groups in total. The topological polar surface area (TPSA) is 23.5 Å². The van der Waals surface area contributed by atoms with Crippen LogP contribution in [0.5, 0.6) is 0 Å². The third-order valence-corrected chi connectivity index (χ3v) is 4.68. The number of halogens is 2. The van der Waals surface area contributed by atoms with E-state index < -0.39 is 0 Å². The summed E-state index contributed by atoms with van der Waals surface area (Å²) >= 11 is 3.32. The van der Waals surface area contributed by atoms with Crippen molar-refractivity contribution in [2.45, 2.75) is 25.5 Å². The Bertz CT molecular complexity index is 433. The maximum Gasteiger partial charge on any atom is 0.124 e. The summed E-state index contributed by atoms with van der Waals surface area (Å²) < 4.78 is 14.1. The molecule has 4 heteroatoms. The number of nitrogens with zero attached hydrogens (tertiary/aromatic N) is 1. The molecule has 3 atom stereocenters. The van der Waals surface area contributed by atoms with E-state index in [1.807, 2.05) is 6.07 Å². The highest BCUT2D eigenvalue weighted by Gasteiger charge is 2.41. The number of fused-ring (bicyclic) bond motifs is 1. The summed E-state index contributed by atoms with van der Waals surface area (Å²) in [4.78, 5) is 2.33. The van der Waals surface area contributed by atoms with Gasteiger partial charge in [-0.1, -0.05) is 15.9 Å². The van der Waals surface area contributed by atoms with Gasteiger partial charge in [0.15, 0.2) is 0 Å². The third-order valence-electron chi connectivity index (χ3n) is 4.22. The number of rotatable bonds is 2. The van der Waals surface area contributed by atoms with Crippen LogP contribution in [0.25, 0.3) is 0 Å². The van der Waals surface area contributed by atoms with Gasteiger partial charge in [0.2, 0.25) is 0 Å². The van der Waals surface area contributed by atoms with E-state index in [0.29, 0.717) is 11.8 Å². The molecule has 1 aromatic rings. The predicted molar refractivity (Wildman–Crippen MR) is 71.6 cm³/mol. The van der Waals surface area contributed by atoms with Crippen molar-refractivity contribution >= 4 is 15.9 Å². The number of likely N-dealkylation sites (tertiary alicyclic amines) is 1. The van der Waals surface area contributed by atoms with E-state index in [2.05, 4.69) is 20.8 Å². The molecule has 2 nitrogen and oxygen atoms in total. The molecule has 1 saturated carbocycles. The predicted octanol–water partition coefficient (Wildman–Crippen LogP) is 2.79. The lowest BCUT2D eigenvalue weighted by atomic mass is 10.00. The highest BCUT2D eigenvalue weighted by molar-refractivity contribution is 9.10. The standard InChI is InChI=1S/C14H17BrFNO/c15-11-3-9(4-12(16)5-11)6-17-7-10-1-2-14(18)13(10)8-17/h3-5,10,13-14,18H,1-2,6-8H2. The van der Waals surface area contributed by atoms with Gasteiger partial charge in [-0.3, -0.25) is 4.90 Å². The van der Waals surface area contributed by atoms with E-state index in [9.17, 15) is 9.50 Å². The molecule has 0 bridgehead atoms. The van der Waals surface area contributed by atoms with Gasteiger partial charge >= 0.3 is 0 Å². The summed E-state index contributed by atoms with van der Waals surface area (Å²) in [7, 11) is 0. The zero-order valence-corrected chi connectivity index (χ0v) is 11.7. The van der Waals surface area contributed by atoms with Crippen molar-refractivity contribution in [3.63, 3.8) is 0 Å². The number of aliphatic hydroxyl groups is 1. The summed E-state index contributed by atoms with van der Waals surface area (Å²) in [5.74, 6) is 0.873. The molecule has 18 heavy (non-hydrogen) atoms. The minimum absolute atomic E-state index is 0.126. The van der Waals surface area contributed by atoms with Crippen molar-refractivity contribution in [1.82, 2.24) is 4.90 Å². The fourth-order valence-corrected chi connectivity index (χ4v) is 3.93. The smallest absolute Gasteiger partial charge is 0.124 e. The molecule has 2 aliphatic rings. The summed E-state index contributed by atoms with van der Waals surface area (Å²) in [5.41, 5.74) is 0.997. The lowest BCUT2D eigenvalue weighted by Gasteiger charge is -2.18. The second-order valence-electron chi connectivity index (χ2n) is 5.54. The van der Waals surface area contributed by atoms with Gasteiger partial charge in [-0.05, 0) is 42.5 Å². The minimum atomic E-state index is -0.196. The fraction of sp³-hybridized carbons (Fsp3) is 0.571.